The number of piperidine rings is 2. The average molecular weight is 799 g/mol. The number of anilines is 2. The molecular formula is C43H46N10O6. The third-order valence-electron chi connectivity index (χ3n) is 11.7. The number of nitrogens with zero attached hydrogens (tertiary/aromatic N) is 8. The molecule has 3 aromatic carbocycles. The Hall–Kier alpha value is -6.23. The zero-order valence-electron chi connectivity index (χ0n) is 32.7. The lowest BCUT2D eigenvalue weighted by atomic mass is 10.0. The van der Waals surface area contributed by atoms with E-state index in [-0.39, 0.29) is 24.4 Å². The van der Waals surface area contributed by atoms with Gasteiger partial charge in [-0.2, -0.15) is 5.10 Å². The maximum atomic E-state index is 13.3. The van der Waals surface area contributed by atoms with Crippen LogP contribution in [0.25, 0.3) is 22.3 Å². The third kappa shape index (κ3) is 7.86. The zero-order valence-corrected chi connectivity index (χ0v) is 32.7. The average Bonchev–Trinajstić information content (AvgIpc) is 3.77. The van der Waals surface area contributed by atoms with Crippen LogP contribution in [0.3, 0.4) is 0 Å². The second kappa shape index (κ2) is 16.6. The standard InChI is InChI=1S/C43H46N10O6/c44-39-37-38(28-8-11-32(12-9-28)59-31-6-2-1-3-7-31)48-53(40(37)46-27-45-39)30-5-4-16-50(26-30)22-24-58-23-21-49-17-19-51(20-18-49)29-10-13-33-34(25-29)43(57)52(42(33)56)35-14-15-36(54)47-41(35)55/h1-3,6-13,25,27,30,35H,4-5,14-24,26H2,(H2,44,45,46)(H,47,54,55). The molecule has 304 valence electrons. The molecule has 0 saturated carbocycles. The van der Waals surface area contributed by atoms with Gasteiger partial charge in [-0.15, -0.1) is 0 Å². The summed E-state index contributed by atoms with van der Waals surface area (Å²) < 4.78 is 14.2. The molecular weight excluding hydrogens is 753 g/mol. The molecule has 0 radical (unpaired) electrons. The molecule has 2 atom stereocenters. The first-order valence-corrected chi connectivity index (χ1v) is 20.3. The van der Waals surface area contributed by atoms with Crippen molar-refractivity contribution in [1.82, 2.24) is 39.8 Å². The van der Waals surface area contributed by atoms with Gasteiger partial charge in [-0.25, -0.2) is 14.6 Å². The van der Waals surface area contributed by atoms with Crippen molar-refractivity contribution in [3.05, 3.63) is 90.3 Å². The molecule has 0 bridgehead atoms. The number of nitrogen functional groups attached to an aromatic ring is 1. The molecule has 3 fully saturated rings. The Morgan fingerprint density at radius 1 is 0.780 bits per heavy atom. The molecule has 0 aliphatic carbocycles. The monoisotopic (exact) mass is 798 g/mol. The zero-order chi connectivity index (χ0) is 40.5. The van der Waals surface area contributed by atoms with Crippen LogP contribution >= 0.6 is 0 Å². The van der Waals surface area contributed by atoms with Crippen LogP contribution < -0.4 is 20.7 Å². The highest BCUT2D eigenvalue weighted by Gasteiger charge is 2.45. The van der Waals surface area contributed by atoms with Crippen molar-refractivity contribution in [1.29, 1.82) is 0 Å². The molecule has 16 heteroatoms. The number of fused-ring (bicyclic) bond motifs is 2. The number of rotatable bonds is 12. The van der Waals surface area contributed by atoms with Gasteiger partial charge in [0.2, 0.25) is 11.8 Å². The number of likely N-dealkylation sites (tertiary alicyclic amines) is 1. The van der Waals surface area contributed by atoms with E-state index in [2.05, 4.69) is 30.0 Å². The fourth-order valence-corrected chi connectivity index (χ4v) is 8.57. The first-order chi connectivity index (χ1) is 28.8. The smallest absolute Gasteiger partial charge is 0.262 e. The van der Waals surface area contributed by atoms with E-state index in [0.717, 1.165) is 110 Å². The minimum absolute atomic E-state index is 0.0897. The van der Waals surface area contributed by atoms with Crippen molar-refractivity contribution < 1.29 is 28.7 Å². The van der Waals surface area contributed by atoms with Gasteiger partial charge >= 0.3 is 0 Å². The van der Waals surface area contributed by atoms with Crippen molar-refractivity contribution in [3.63, 3.8) is 0 Å². The molecule has 2 aromatic heterocycles. The largest absolute Gasteiger partial charge is 0.457 e. The van der Waals surface area contributed by atoms with Gasteiger partial charge in [-0.05, 0) is 80.4 Å². The van der Waals surface area contributed by atoms with Crippen LogP contribution in [0.1, 0.15) is 52.4 Å². The van der Waals surface area contributed by atoms with Gasteiger partial charge < -0.3 is 20.1 Å². The van der Waals surface area contributed by atoms with Crippen LogP contribution in [-0.4, -0.2) is 130 Å². The third-order valence-corrected chi connectivity index (χ3v) is 11.7. The first-order valence-electron chi connectivity index (χ1n) is 20.3. The summed E-state index contributed by atoms with van der Waals surface area (Å²) >= 11 is 0. The quantitative estimate of drug-likeness (QED) is 0.138. The van der Waals surface area contributed by atoms with Gasteiger partial charge in [0, 0.05) is 63.5 Å². The summed E-state index contributed by atoms with van der Waals surface area (Å²) in [6, 6.07) is 22.0. The number of aromatic nitrogens is 4. The summed E-state index contributed by atoms with van der Waals surface area (Å²) in [5.74, 6) is -0.0826. The summed E-state index contributed by atoms with van der Waals surface area (Å²) in [7, 11) is 0. The Morgan fingerprint density at radius 3 is 2.31 bits per heavy atom. The number of nitrogens with one attached hydrogen (secondary N) is 1. The van der Waals surface area contributed by atoms with Crippen LogP contribution in [0, 0.1) is 0 Å². The number of hydrogen-bond donors (Lipinski definition) is 2. The van der Waals surface area contributed by atoms with E-state index >= 15 is 0 Å². The van der Waals surface area contributed by atoms with Crippen molar-refractivity contribution in [2.24, 2.45) is 0 Å². The van der Waals surface area contributed by atoms with Gasteiger partial charge in [0.15, 0.2) is 5.65 Å². The van der Waals surface area contributed by atoms with E-state index in [1.165, 1.54) is 6.33 Å². The van der Waals surface area contributed by atoms with Crippen LogP contribution in [0.4, 0.5) is 11.5 Å². The molecule has 2 unspecified atom stereocenters. The lowest BCUT2D eigenvalue weighted by molar-refractivity contribution is -0.136. The normalized spacial score (nSPS) is 20.3. The molecule has 4 amide bonds. The molecule has 4 aliphatic rings. The maximum absolute atomic E-state index is 13.3. The predicted molar refractivity (Wildman–Crippen MR) is 219 cm³/mol. The van der Waals surface area contributed by atoms with Crippen molar-refractivity contribution in [2.45, 2.75) is 37.8 Å². The molecule has 4 aliphatic heterocycles. The van der Waals surface area contributed by atoms with Crippen LogP contribution in [0.5, 0.6) is 11.5 Å². The number of ether oxygens (including phenoxy) is 2. The fraction of sp³-hybridized carbons (Fsp3) is 0.372. The first kappa shape index (κ1) is 38.3. The number of hydrogen-bond acceptors (Lipinski definition) is 13. The van der Waals surface area contributed by atoms with E-state index < -0.39 is 29.7 Å². The Morgan fingerprint density at radius 2 is 1.53 bits per heavy atom. The van der Waals surface area contributed by atoms with E-state index in [0.29, 0.717) is 24.6 Å². The fourth-order valence-electron chi connectivity index (χ4n) is 8.57. The second-order valence-electron chi connectivity index (χ2n) is 15.4. The highest BCUT2D eigenvalue weighted by molar-refractivity contribution is 6.23. The molecule has 0 spiro atoms. The van der Waals surface area contributed by atoms with Gasteiger partial charge in [-0.1, -0.05) is 18.2 Å². The maximum Gasteiger partial charge on any atom is 0.262 e. The molecule has 3 saturated heterocycles. The number of amides is 4. The topological polar surface area (TPSA) is 181 Å². The van der Waals surface area contributed by atoms with E-state index in [1.54, 1.807) is 12.1 Å². The number of para-hydroxylation sites is 1. The summed E-state index contributed by atoms with van der Waals surface area (Å²) in [4.78, 5) is 67.4. The molecule has 59 heavy (non-hydrogen) atoms. The van der Waals surface area contributed by atoms with E-state index in [4.69, 9.17) is 20.3 Å². The predicted octanol–water partition coefficient (Wildman–Crippen LogP) is 3.74. The highest BCUT2D eigenvalue weighted by Crippen LogP contribution is 2.35. The van der Waals surface area contributed by atoms with Gasteiger partial charge in [0.25, 0.3) is 11.8 Å². The lowest BCUT2D eigenvalue weighted by Gasteiger charge is -2.36. The number of benzene rings is 3. The highest BCUT2D eigenvalue weighted by atomic mass is 16.5. The SMILES string of the molecule is Nc1ncnc2c1c(-c1ccc(Oc3ccccc3)cc1)nn2C1CCCN(CCOCCN2CCN(c3ccc4c(c3)C(=O)N(C3CCC(=O)NC3=O)C4=O)CC2)C1. The number of carbonyl (C=O) groups is 4. The van der Waals surface area contributed by atoms with Gasteiger partial charge in [-0.3, -0.25) is 39.2 Å². The van der Waals surface area contributed by atoms with Crippen molar-refractivity contribution in [3.8, 4) is 22.8 Å². The number of nitrogens with two attached hydrogens (primary N) is 1. The lowest BCUT2D eigenvalue weighted by Crippen LogP contribution is -2.54. The summed E-state index contributed by atoms with van der Waals surface area (Å²) in [6.45, 7) is 7.91. The Labute approximate surface area is 340 Å². The molecule has 9 rings (SSSR count). The minimum Gasteiger partial charge on any atom is -0.457 e. The van der Waals surface area contributed by atoms with Crippen LogP contribution in [0.15, 0.2) is 79.1 Å². The Balaban J connectivity index is 0.746. The Bertz CT molecular complexity index is 2380. The molecule has 16 nitrogen and oxygen atoms in total. The Kier molecular flexibility index (Phi) is 10.7. The number of piperazine rings is 1. The van der Waals surface area contributed by atoms with Gasteiger partial charge in [0.1, 0.15) is 35.4 Å². The summed E-state index contributed by atoms with van der Waals surface area (Å²) in [6.07, 6.45) is 3.74. The summed E-state index contributed by atoms with van der Waals surface area (Å²) in [5, 5.41) is 8.09. The molecule has 3 N–H and O–H groups in total. The van der Waals surface area contributed by atoms with Crippen molar-refractivity contribution >= 4 is 46.2 Å². The van der Waals surface area contributed by atoms with E-state index in [9.17, 15) is 19.2 Å². The van der Waals surface area contributed by atoms with Crippen molar-refractivity contribution in [2.75, 3.05) is 76.2 Å². The minimum atomic E-state index is -0.976. The summed E-state index contributed by atoms with van der Waals surface area (Å²) in [5.41, 5.74) is 10.3. The molecule has 5 aromatic rings. The van der Waals surface area contributed by atoms with Crippen LogP contribution in [0.2, 0.25) is 0 Å². The number of carbonyl (C=O) groups excluding carboxylic acids is 4. The second-order valence-corrected chi connectivity index (χ2v) is 15.4. The number of imide groups is 2. The van der Waals surface area contributed by atoms with E-state index in [1.807, 2.05) is 65.3 Å². The van der Waals surface area contributed by atoms with Crippen LogP contribution in [-0.2, 0) is 14.3 Å². The molecule has 6 heterocycles. The van der Waals surface area contributed by atoms with Gasteiger partial charge in [0.05, 0.1) is 35.8 Å².